The lowest BCUT2D eigenvalue weighted by Gasteiger charge is -2.24. The number of anilines is 1. The van der Waals surface area contributed by atoms with Crippen molar-refractivity contribution in [1.82, 2.24) is 0 Å². The summed E-state index contributed by atoms with van der Waals surface area (Å²) in [5.41, 5.74) is 1.32. The van der Waals surface area contributed by atoms with Gasteiger partial charge in [-0.25, -0.2) is 0 Å². The SMILES string of the molecule is COc1ccc2c(c1)CC(C(=O)Nc1ccc(Cl)c(C(F)(F)F)c1)CC2. The number of halogens is 4. The van der Waals surface area contributed by atoms with Crippen molar-refractivity contribution in [1.29, 1.82) is 0 Å². The van der Waals surface area contributed by atoms with Crippen LogP contribution in [0, 0.1) is 5.92 Å². The minimum Gasteiger partial charge on any atom is -0.497 e. The molecule has 1 aliphatic carbocycles. The van der Waals surface area contributed by atoms with Crippen molar-refractivity contribution in [3.63, 3.8) is 0 Å². The summed E-state index contributed by atoms with van der Waals surface area (Å²) in [7, 11) is 1.58. The second kappa shape index (κ2) is 7.19. The number of aryl methyl sites for hydroxylation is 1. The van der Waals surface area contributed by atoms with Gasteiger partial charge in [-0.3, -0.25) is 4.79 Å². The second-order valence-electron chi connectivity index (χ2n) is 6.26. The Morgan fingerprint density at radius 3 is 2.65 bits per heavy atom. The van der Waals surface area contributed by atoms with Crippen molar-refractivity contribution in [2.75, 3.05) is 12.4 Å². The molecule has 0 aliphatic heterocycles. The van der Waals surface area contributed by atoms with Crippen LogP contribution in [0.1, 0.15) is 23.1 Å². The Balaban J connectivity index is 1.75. The van der Waals surface area contributed by atoms with Crippen LogP contribution in [0.15, 0.2) is 36.4 Å². The fourth-order valence-electron chi connectivity index (χ4n) is 3.15. The van der Waals surface area contributed by atoms with Gasteiger partial charge in [0.1, 0.15) is 5.75 Å². The van der Waals surface area contributed by atoms with E-state index in [0.29, 0.717) is 12.8 Å². The molecule has 2 aromatic carbocycles. The maximum absolute atomic E-state index is 12.9. The van der Waals surface area contributed by atoms with Crippen molar-refractivity contribution in [2.45, 2.75) is 25.4 Å². The highest BCUT2D eigenvalue weighted by molar-refractivity contribution is 6.31. The molecule has 2 aromatic rings. The first kappa shape index (κ1) is 18.6. The number of carbonyl (C=O) groups is 1. The summed E-state index contributed by atoms with van der Waals surface area (Å²) in [6.07, 6.45) is -2.66. The molecule has 3 nitrogen and oxygen atoms in total. The zero-order valence-electron chi connectivity index (χ0n) is 14.0. The number of rotatable bonds is 3. The molecule has 1 aliphatic rings. The zero-order chi connectivity index (χ0) is 18.9. The highest BCUT2D eigenvalue weighted by Gasteiger charge is 2.33. The van der Waals surface area contributed by atoms with Gasteiger partial charge in [-0.1, -0.05) is 17.7 Å². The second-order valence-corrected chi connectivity index (χ2v) is 6.66. The van der Waals surface area contributed by atoms with Crippen LogP contribution in [-0.4, -0.2) is 13.0 Å². The van der Waals surface area contributed by atoms with Crippen LogP contribution in [-0.2, 0) is 23.8 Å². The number of methoxy groups -OCH3 is 1. The van der Waals surface area contributed by atoms with Crippen LogP contribution >= 0.6 is 11.6 Å². The number of benzene rings is 2. The minimum atomic E-state index is -4.57. The normalized spacial score (nSPS) is 16.7. The highest BCUT2D eigenvalue weighted by atomic mass is 35.5. The topological polar surface area (TPSA) is 38.3 Å². The third-order valence-corrected chi connectivity index (χ3v) is 4.88. The molecule has 0 saturated carbocycles. The lowest BCUT2D eigenvalue weighted by atomic mass is 9.83. The third-order valence-electron chi connectivity index (χ3n) is 4.55. The molecule has 0 fully saturated rings. The maximum Gasteiger partial charge on any atom is 0.417 e. The molecule has 0 heterocycles. The van der Waals surface area contributed by atoms with E-state index in [2.05, 4.69) is 5.32 Å². The lowest BCUT2D eigenvalue weighted by Crippen LogP contribution is -2.28. The Kier molecular flexibility index (Phi) is 5.14. The van der Waals surface area contributed by atoms with Gasteiger partial charge >= 0.3 is 6.18 Å². The fourth-order valence-corrected chi connectivity index (χ4v) is 3.37. The monoisotopic (exact) mass is 383 g/mol. The van der Waals surface area contributed by atoms with Crippen molar-refractivity contribution < 1.29 is 22.7 Å². The average molecular weight is 384 g/mol. The summed E-state index contributed by atoms with van der Waals surface area (Å²) in [6, 6.07) is 9.14. The maximum atomic E-state index is 12.9. The number of hydrogen-bond acceptors (Lipinski definition) is 2. The summed E-state index contributed by atoms with van der Waals surface area (Å²) in [6.45, 7) is 0. The molecule has 7 heteroatoms. The first-order chi connectivity index (χ1) is 12.3. The quantitative estimate of drug-likeness (QED) is 0.799. The van der Waals surface area contributed by atoms with Crippen LogP contribution in [0.2, 0.25) is 5.02 Å². The molecule has 0 spiro atoms. The number of hydrogen-bond donors (Lipinski definition) is 1. The molecule has 138 valence electrons. The number of amides is 1. The van der Waals surface area contributed by atoms with E-state index >= 15 is 0 Å². The molecular weight excluding hydrogens is 367 g/mol. The molecule has 0 bridgehead atoms. The predicted molar refractivity (Wildman–Crippen MR) is 93.6 cm³/mol. The van der Waals surface area contributed by atoms with Crippen molar-refractivity contribution in [2.24, 2.45) is 5.92 Å². The Morgan fingerprint density at radius 1 is 1.19 bits per heavy atom. The van der Waals surface area contributed by atoms with E-state index in [4.69, 9.17) is 16.3 Å². The largest absolute Gasteiger partial charge is 0.497 e. The van der Waals surface area contributed by atoms with Gasteiger partial charge in [0.2, 0.25) is 5.91 Å². The lowest BCUT2D eigenvalue weighted by molar-refractivity contribution is -0.137. The number of alkyl halides is 3. The Morgan fingerprint density at radius 2 is 1.96 bits per heavy atom. The Hall–Kier alpha value is -2.21. The minimum absolute atomic E-state index is 0.0863. The zero-order valence-corrected chi connectivity index (χ0v) is 14.7. The molecule has 1 atom stereocenters. The van der Waals surface area contributed by atoms with Gasteiger partial charge in [0, 0.05) is 11.6 Å². The van der Waals surface area contributed by atoms with Gasteiger partial charge in [-0.15, -0.1) is 0 Å². The van der Waals surface area contributed by atoms with Crippen LogP contribution < -0.4 is 10.1 Å². The van der Waals surface area contributed by atoms with E-state index in [9.17, 15) is 18.0 Å². The fraction of sp³-hybridized carbons (Fsp3) is 0.316. The molecular formula is C19H17ClF3NO2. The molecule has 26 heavy (non-hydrogen) atoms. The number of fused-ring (bicyclic) bond motifs is 1. The van der Waals surface area contributed by atoms with Gasteiger partial charge in [0.15, 0.2) is 0 Å². The number of ether oxygens (including phenoxy) is 1. The Bertz CT molecular complexity index is 836. The van der Waals surface area contributed by atoms with Crippen LogP contribution in [0.5, 0.6) is 5.75 Å². The highest BCUT2D eigenvalue weighted by Crippen LogP contribution is 2.36. The van der Waals surface area contributed by atoms with Gasteiger partial charge in [0.25, 0.3) is 0 Å². The standard InChI is InChI=1S/C19H17ClF3NO2/c1-26-15-6-4-11-2-3-12(8-13(11)9-15)18(25)24-14-5-7-17(20)16(10-14)19(21,22)23/h4-7,9-10,12H,2-3,8H2,1H3,(H,24,25). The molecule has 3 rings (SSSR count). The van der Waals surface area contributed by atoms with Crippen LogP contribution in [0.3, 0.4) is 0 Å². The summed E-state index contributed by atoms with van der Waals surface area (Å²) >= 11 is 5.61. The van der Waals surface area contributed by atoms with E-state index in [1.807, 2.05) is 18.2 Å². The van der Waals surface area contributed by atoms with Gasteiger partial charge < -0.3 is 10.1 Å². The molecule has 0 aromatic heterocycles. The molecule has 1 N–H and O–H groups in total. The van der Waals surface area contributed by atoms with Crippen LogP contribution in [0.25, 0.3) is 0 Å². The summed E-state index contributed by atoms with van der Waals surface area (Å²) < 4.78 is 44.1. The molecule has 1 amide bonds. The first-order valence-electron chi connectivity index (χ1n) is 8.11. The van der Waals surface area contributed by atoms with E-state index < -0.39 is 16.8 Å². The smallest absolute Gasteiger partial charge is 0.417 e. The third kappa shape index (κ3) is 3.96. The number of nitrogens with one attached hydrogen (secondary N) is 1. The molecule has 1 unspecified atom stereocenters. The molecule has 0 radical (unpaired) electrons. The van der Waals surface area contributed by atoms with E-state index in [0.717, 1.165) is 29.9 Å². The van der Waals surface area contributed by atoms with E-state index in [-0.39, 0.29) is 17.5 Å². The van der Waals surface area contributed by atoms with Gasteiger partial charge in [-0.2, -0.15) is 13.2 Å². The summed E-state index contributed by atoms with van der Waals surface area (Å²) in [5.74, 6) is 0.117. The summed E-state index contributed by atoms with van der Waals surface area (Å²) in [5, 5.41) is 2.19. The van der Waals surface area contributed by atoms with E-state index in [1.54, 1.807) is 7.11 Å². The first-order valence-corrected chi connectivity index (χ1v) is 8.49. The van der Waals surface area contributed by atoms with E-state index in [1.165, 1.54) is 11.6 Å². The van der Waals surface area contributed by atoms with Gasteiger partial charge in [-0.05, 0) is 60.7 Å². The Labute approximate surface area is 154 Å². The predicted octanol–water partition coefficient (Wildman–Crippen LogP) is 5.11. The van der Waals surface area contributed by atoms with Crippen molar-refractivity contribution in [3.05, 3.63) is 58.1 Å². The van der Waals surface area contributed by atoms with Crippen molar-refractivity contribution >= 4 is 23.2 Å². The number of carbonyl (C=O) groups excluding carboxylic acids is 1. The summed E-state index contributed by atoms with van der Waals surface area (Å²) in [4.78, 5) is 12.5. The van der Waals surface area contributed by atoms with Gasteiger partial charge in [0.05, 0.1) is 17.7 Å². The van der Waals surface area contributed by atoms with Crippen LogP contribution in [0.4, 0.5) is 18.9 Å². The average Bonchev–Trinajstić information content (AvgIpc) is 2.61. The van der Waals surface area contributed by atoms with Crippen molar-refractivity contribution in [3.8, 4) is 5.75 Å². The molecule has 0 saturated heterocycles.